The van der Waals surface area contributed by atoms with Crippen LogP contribution in [0.25, 0.3) is 6.08 Å². The second kappa shape index (κ2) is 4.99. The molecule has 0 atom stereocenters. The predicted molar refractivity (Wildman–Crippen MR) is 59.2 cm³/mol. The summed E-state index contributed by atoms with van der Waals surface area (Å²) < 4.78 is 0. The Balaban J connectivity index is 2.61. The molecule has 80 valence electrons. The number of H-pyrrole nitrogens is 1. The molecular formula is C10H13N3O2. The van der Waals surface area contributed by atoms with E-state index < -0.39 is 0 Å². The van der Waals surface area contributed by atoms with Crippen LogP contribution >= 0.6 is 0 Å². The van der Waals surface area contributed by atoms with Crippen molar-refractivity contribution in [3.63, 3.8) is 0 Å². The molecular weight excluding hydrogens is 194 g/mol. The molecule has 0 fully saturated rings. The quantitative estimate of drug-likeness (QED) is 0.657. The number of amides is 1. The van der Waals surface area contributed by atoms with Gasteiger partial charge < -0.3 is 16.0 Å². The van der Waals surface area contributed by atoms with E-state index >= 15 is 0 Å². The van der Waals surface area contributed by atoms with Crippen molar-refractivity contribution in [3.05, 3.63) is 34.3 Å². The summed E-state index contributed by atoms with van der Waals surface area (Å²) in [7, 11) is 0. The minimum absolute atomic E-state index is 0.0827. The topological polar surface area (TPSA) is 88.0 Å². The molecule has 0 radical (unpaired) electrons. The van der Waals surface area contributed by atoms with Gasteiger partial charge in [-0.15, -0.1) is 0 Å². The lowest BCUT2D eigenvalue weighted by Gasteiger charge is -1.96. The van der Waals surface area contributed by atoms with Crippen LogP contribution < -0.4 is 16.6 Å². The van der Waals surface area contributed by atoms with E-state index in [0.29, 0.717) is 6.54 Å². The van der Waals surface area contributed by atoms with Crippen LogP contribution in [-0.4, -0.2) is 17.4 Å². The fourth-order valence-corrected chi connectivity index (χ4v) is 1.01. The van der Waals surface area contributed by atoms with Crippen molar-refractivity contribution in [2.75, 3.05) is 12.3 Å². The fourth-order valence-electron chi connectivity index (χ4n) is 1.01. The van der Waals surface area contributed by atoms with Crippen LogP contribution in [-0.2, 0) is 4.79 Å². The molecule has 0 spiro atoms. The fraction of sp³-hybridized carbons (Fsp3) is 0.200. The van der Waals surface area contributed by atoms with E-state index in [4.69, 9.17) is 5.73 Å². The number of aromatic amines is 1. The van der Waals surface area contributed by atoms with Crippen molar-refractivity contribution in [2.24, 2.45) is 0 Å². The van der Waals surface area contributed by atoms with Gasteiger partial charge in [0.25, 0.3) is 5.56 Å². The molecule has 1 aromatic heterocycles. The van der Waals surface area contributed by atoms with E-state index in [-0.39, 0.29) is 17.2 Å². The molecule has 0 aromatic carbocycles. The number of pyridine rings is 1. The molecule has 5 heteroatoms. The standard InChI is InChI=1S/C10H13N3O2/c1-7(14)12-4-2-3-8-5-9(11)10(15)13-6-8/h2-3,5-6H,4,11H2,1H3,(H,12,14)(H,13,15). The molecule has 15 heavy (non-hydrogen) atoms. The number of anilines is 1. The lowest BCUT2D eigenvalue weighted by molar-refractivity contribution is -0.118. The molecule has 1 rings (SSSR count). The average Bonchev–Trinajstić information content (AvgIpc) is 2.18. The zero-order valence-corrected chi connectivity index (χ0v) is 8.41. The summed E-state index contributed by atoms with van der Waals surface area (Å²) in [6, 6.07) is 1.57. The summed E-state index contributed by atoms with van der Waals surface area (Å²) in [6.07, 6.45) is 5.10. The first-order chi connectivity index (χ1) is 7.09. The van der Waals surface area contributed by atoms with Gasteiger partial charge in [0.2, 0.25) is 5.91 Å². The molecule has 1 aromatic rings. The summed E-state index contributed by atoms with van der Waals surface area (Å²) in [6.45, 7) is 1.90. The van der Waals surface area contributed by atoms with Crippen LogP contribution in [0.4, 0.5) is 5.69 Å². The molecule has 5 nitrogen and oxygen atoms in total. The highest BCUT2D eigenvalue weighted by Gasteiger charge is 1.93. The van der Waals surface area contributed by atoms with Crippen molar-refractivity contribution >= 4 is 17.7 Å². The zero-order valence-electron chi connectivity index (χ0n) is 8.41. The third-order valence-electron chi connectivity index (χ3n) is 1.73. The van der Waals surface area contributed by atoms with Crippen molar-refractivity contribution < 1.29 is 4.79 Å². The van der Waals surface area contributed by atoms with Crippen LogP contribution in [0.15, 0.2) is 23.1 Å². The van der Waals surface area contributed by atoms with Gasteiger partial charge in [-0.25, -0.2) is 0 Å². The molecule has 4 N–H and O–H groups in total. The van der Waals surface area contributed by atoms with Crippen molar-refractivity contribution in [2.45, 2.75) is 6.92 Å². The molecule has 0 saturated carbocycles. The Morgan fingerprint density at radius 2 is 2.40 bits per heavy atom. The number of nitrogen functional groups attached to an aromatic ring is 1. The Bertz CT molecular complexity index is 435. The number of hydrogen-bond acceptors (Lipinski definition) is 3. The van der Waals surface area contributed by atoms with E-state index in [2.05, 4.69) is 10.3 Å². The first-order valence-corrected chi connectivity index (χ1v) is 4.49. The SMILES string of the molecule is CC(=O)NCC=Cc1c[nH]c(=O)c(N)c1. The van der Waals surface area contributed by atoms with Crippen molar-refractivity contribution in [1.82, 2.24) is 10.3 Å². The monoisotopic (exact) mass is 207 g/mol. The summed E-state index contributed by atoms with van der Waals surface area (Å²) in [4.78, 5) is 24.0. The highest BCUT2D eigenvalue weighted by molar-refractivity contribution is 5.73. The first-order valence-electron chi connectivity index (χ1n) is 4.49. The number of nitrogens with one attached hydrogen (secondary N) is 2. The minimum atomic E-state index is -0.297. The van der Waals surface area contributed by atoms with Gasteiger partial charge in [-0.2, -0.15) is 0 Å². The van der Waals surface area contributed by atoms with E-state index in [1.54, 1.807) is 24.4 Å². The van der Waals surface area contributed by atoms with Crippen LogP contribution in [0.3, 0.4) is 0 Å². The van der Waals surface area contributed by atoms with E-state index in [9.17, 15) is 9.59 Å². The predicted octanol–water partition coefficient (Wildman–Crippen LogP) is 0.106. The molecule has 0 bridgehead atoms. The maximum Gasteiger partial charge on any atom is 0.271 e. The zero-order chi connectivity index (χ0) is 11.3. The molecule has 0 unspecified atom stereocenters. The third-order valence-corrected chi connectivity index (χ3v) is 1.73. The van der Waals surface area contributed by atoms with Crippen LogP contribution in [0.2, 0.25) is 0 Å². The summed E-state index contributed by atoms with van der Waals surface area (Å²) in [5, 5.41) is 2.61. The molecule has 0 aliphatic rings. The van der Waals surface area contributed by atoms with Gasteiger partial charge in [-0.3, -0.25) is 9.59 Å². The number of rotatable bonds is 3. The number of carbonyl (C=O) groups excluding carboxylic acids is 1. The van der Waals surface area contributed by atoms with Crippen molar-refractivity contribution in [1.29, 1.82) is 0 Å². The van der Waals surface area contributed by atoms with E-state index in [1.807, 2.05) is 0 Å². The van der Waals surface area contributed by atoms with Gasteiger partial charge >= 0.3 is 0 Å². The molecule has 1 heterocycles. The van der Waals surface area contributed by atoms with Gasteiger partial charge in [0.1, 0.15) is 0 Å². The number of nitrogens with two attached hydrogens (primary N) is 1. The Morgan fingerprint density at radius 3 is 3.00 bits per heavy atom. The van der Waals surface area contributed by atoms with Gasteiger partial charge in [0.15, 0.2) is 0 Å². The van der Waals surface area contributed by atoms with Crippen LogP contribution in [0.1, 0.15) is 12.5 Å². The van der Waals surface area contributed by atoms with Crippen LogP contribution in [0, 0.1) is 0 Å². The van der Waals surface area contributed by atoms with Crippen molar-refractivity contribution in [3.8, 4) is 0 Å². The Morgan fingerprint density at radius 1 is 1.67 bits per heavy atom. The smallest absolute Gasteiger partial charge is 0.271 e. The summed E-state index contributed by atoms with van der Waals surface area (Å²) in [5.74, 6) is -0.0827. The van der Waals surface area contributed by atoms with Gasteiger partial charge in [-0.1, -0.05) is 12.2 Å². The average molecular weight is 207 g/mol. The van der Waals surface area contributed by atoms with Gasteiger partial charge in [0.05, 0.1) is 5.69 Å². The second-order valence-electron chi connectivity index (χ2n) is 3.06. The molecule has 1 amide bonds. The summed E-state index contributed by atoms with van der Waals surface area (Å²) in [5.41, 5.74) is 6.10. The number of aromatic nitrogens is 1. The Hall–Kier alpha value is -2.04. The molecule has 0 saturated heterocycles. The summed E-state index contributed by atoms with van der Waals surface area (Å²) >= 11 is 0. The Kier molecular flexibility index (Phi) is 3.68. The third kappa shape index (κ3) is 3.68. The number of hydrogen-bond donors (Lipinski definition) is 3. The minimum Gasteiger partial charge on any atom is -0.394 e. The first kappa shape index (κ1) is 11.0. The lowest BCUT2D eigenvalue weighted by atomic mass is 10.2. The largest absolute Gasteiger partial charge is 0.394 e. The molecule has 0 aliphatic carbocycles. The van der Waals surface area contributed by atoms with Gasteiger partial charge in [-0.05, 0) is 11.6 Å². The lowest BCUT2D eigenvalue weighted by Crippen LogP contribution is -2.19. The second-order valence-corrected chi connectivity index (χ2v) is 3.06. The normalized spacial score (nSPS) is 10.5. The maximum absolute atomic E-state index is 10.9. The van der Waals surface area contributed by atoms with Crippen LogP contribution in [0.5, 0.6) is 0 Å². The van der Waals surface area contributed by atoms with Gasteiger partial charge in [0, 0.05) is 19.7 Å². The van der Waals surface area contributed by atoms with E-state index in [1.165, 1.54) is 6.92 Å². The van der Waals surface area contributed by atoms with E-state index in [0.717, 1.165) is 5.56 Å². The highest BCUT2D eigenvalue weighted by atomic mass is 16.1. The maximum atomic E-state index is 10.9. The molecule has 0 aliphatic heterocycles. The Labute approximate surface area is 87.0 Å². The number of carbonyl (C=O) groups is 1. The highest BCUT2D eigenvalue weighted by Crippen LogP contribution is 2.01.